The van der Waals surface area contributed by atoms with Gasteiger partial charge in [-0.25, -0.2) is 0 Å². The van der Waals surface area contributed by atoms with Crippen molar-refractivity contribution in [2.45, 2.75) is 13.8 Å². The predicted molar refractivity (Wildman–Crippen MR) is 127 cm³/mol. The van der Waals surface area contributed by atoms with Crippen molar-refractivity contribution in [2.75, 3.05) is 40.4 Å². The zero-order chi connectivity index (χ0) is 23.5. The number of furan rings is 1. The van der Waals surface area contributed by atoms with E-state index in [1.165, 1.54) is 0 Å². The van der Waals surface area contributed by atoms with Crippen LogP contribution in [0.1, 0.15) is 19.4 Å². The fourth-order valence-corrected chi connectivity index (χ4v) is 4.20. The third-order valence-corrected chi connectivity index (χ3v) is 6.09. The van der Waals surface area contributed by atoms with Gasteiger partial charge in [-0.05, 0) is 24.6 Å². The number of carbonyl (C=O) groups excluding carboxylic acids is 2. The van der Waals surface area contributed by atoms with Crippen molar-refractivity contribution in [3.63, 3.8) is 0 Å². The highest BCUT2D eigenvalue weighted by molar-refractivity contribution is 6.01. The number of amides is 2. The van der Waals surface area contributed by atoms with Gasteiger partial charge in [0.25, 0.3) is 0 Å². The second-order valence-corrected chi connectivity index (χ2v) is 8.06. The van der Waals surface area contributed by atoms with Crippen LogP contribution in [0.2, 0.25) is 0 Å². The summed E-state index contributed by atoms with van der Waals surface area (Å²) in [4.78, 5) is 28.0. The average Bonchev–Trinajstić information content (AvgIpc) is 3.25. The lowest BCUT2D eigenvalue weighted by atomic mass is 9.98. The number of hydrogen-bond acceptors (Lipinski definition) is 5. The van der Waals surface area contributed by atoms with Gasteiger partial charge in [0.1, 0.15) is 17.1 Å². The van der Waals surface area contributed by atoms with Crippen molar-refractivity contribution in [3.05, 3.63) is 54.3 Å². The maximum Gasteiger partial charge on any atom is 0.246 e. The van der Waals surface area contributed by atoms with Gasteiger partial charge >= 0.3 is 0 Å². The van der Waals surface area contributed by atoms with Crippen LogP contribution in [-0.4, -0.2) is 62.0 Å². The topological polar surface area (TPSA) is 72.2 Å². The maximum atomic E-state index is 12.9. The standard InChI is InChI=1S/C26H28N2O5/c1-17(13-26(30)28-11-9-27(10-12-28)18(2)29)20-14-21-22(16-33-25(21)15-24(20)32-4)19-7-5-6-8-23(19)31-3/h5-8,13-16H,9-12H2,1-4H3/b17-13+. The van der Waals surface area contributed by atoms with Crippen LogP contribution in [0.5, 0.6) is 11.5 Å². The molecule has 1 aromatic heterocycles. The van der Waals surface area contributed by atoms with E-state index in [2.05, 4.69) is 0 Å². The molecule has 0 N–H and O–H groups in total. The molecule has 7 heteroatoms. The van der Waals surface area contributed by atoms with E-state index in [4.69, 9.17) is 13.9 Å². The van der Waals surface area contributed by atoms with E-state index in [9.17, 15) is 9.59 Å². The van der Waals surface area contributed by atoms with E-state index in [-0.39, 0.29) is 11.8 Å². The number of para-hydroxylation sites is 1. The van der Waals surface area contributed by atoms with Gasteiger partial charge in [-0.3, -0.25) is 9.59 Å². The molecule has 3 aromatic rings. The Labute approximate surface area is 193 Å². The van der Waals surface area contributed by atoms with Gasteiger partial charge in [-0.15, -0.1) is 0 Å². The number of hydrogen-bond donors (Lipinski definition) is 0. The molecule has 0 radical (unpaired) electrons. The second-order valence-electron chi connectivity index (χ2n) is 8.06. The molecule has 0 unspecified atom stereocenters. The summed E-state index contributed by atoms with van der Waals surface area (Å²) in [5, 5.41) is 0.908. The summed E-state index contributed by atoms with van der Waals surface area (Å²) >= 11 is 0. The smallest absolute Gasteiger partial charge is 0.246 e. The molecule has 1 aliphatic rings. The lowest BCUT2D eigenvalue weighted by molar-refractivity contribution is -0.135. The van der Waals surface area contributed by atoms with Crippen molar-refractivity contribution >= 4 is 28.4 Å². The molecular weight excluding hydrogens is 420 g/mol. The number of rotatable bonds is 5. The molecule has 1 saturated heterocycles. The van der Waals surface area contributed by atoms with E-state index < -0.39 is 0 Å². The number of allylic oxidation sites excluding steroid dienone is 1. The minimum Gasteiger partial charge on any atom is -0.496 e. The molecule has 172 valence electrons. The van der Waals surface area contributed by atoms with Gasteiger partial charge in [-0.2, -0.15) is 0 Å². The predicted octanol–water partition coefficient (Wildman–Crippen LogP) is 4.21. The zero-order valence-electron chi connectivity index (χ0n) is 19.4. The normalized spacial score (nSPS) is 14.5. The molecule has 7 nitrogen and oxygen atoms in total. The average molecular weight is 449 g/mol. The summed E-state index contributed by atoms with van der Waals surface area (Å²) < 4.78 is 17.0. The Morgan fingerprint density at radius 3 is 2.24 bits per heavy atom. The summed E-state index contributed by atoms with van der Waals surface area (Å²) in [6.45, 7) is 5.62. The van der Waals surface area contributed by atoms with Crippen LogP contribution in [0.3, 0.4) is 0 Å². The van der Waals surface area contributed by atoms with Gasteiger partial charge in [0.2, 0.25) is 11.8 Å². The minimum atomic E-state index is -0.0741. The highest BCUT2D eigenvalue weighted by atomic mass is 16.5. The van der Waals surface area contributed by atoms with Gasteiger partial charge in [0, 0.05) is 67.3 Å². The van der Waals surface area contributed by atoms with E-state index >= 15 is 0 Å². The van der Waals surface area contributed by atoms with E-state index in [0.29, 0.717) is 37.5 Å². The number of methoxy groups -OCH3 is 2. The maximum absolute atomic E-state index is 12.9. The highest BCUT2D eigenvalue weighted by Crippen LogP contribution is 2.40. The van der Waals surface area contributed by atoms with E-state index in [1.54, 1.807) is 43.3 Å². The fourth-order valence-electron chi connectivity index (χ4n) is 4.20. The first-order valence-corrected chi connectivity index (χ1v) is 10.9. The lowest BCUT2D eigenvalue weighted by Crippen LogP contribution is -2.49. The Balaban J connectivity index is 1.68. The molecule has 0 saturated carbocycles. The lowest BCUT2D eigenvalue weighted by Gasteiger charge is -2.33. The fraction of sp³-hybridized carbons (Fsp3) is 0.308. The Hall–Kier alpha value is -3.74. The number of ether oxygens (including phenoxy) is 2. The molecule has 0 aliphatic carbocycles. The molecule has 33 heavy (non-hydrogen) atoms. The monoisotopic (exact) mass is 448 g/mol. The largest absolute Gasteiger partial charge is 0.496 e. The number of benzene rings is 2. The quantitative estimate of drug-likeness (QED) is 0.547. The highest BCUT2D eigenvalue weighted by Gasteiger charge is 2.22. The first-order chi connectivity index (χ1) is 15.9. The molecule has 4 rings (SSSR count). The minimum absolute atomic E-state index is 0.0397. The summed E-state index contributed by atoms with van der Waals surface area (Å²) in [6, 6.07) is 11.6. The summed E-state index contributed by atoms with van der Waals surface area (Å²) in [5.41, 5.74) is 4.14. The SMILES string of the molecule is COc1cc2occ(-c3ccccc3OC)c2cc1/C(C)=C/C(=O)N1CCN(C(C)=O)CC1. The van der Waals surface area contributed by atoms with Crippen molar-refractivity contribution in [2.24, 2.45) is 0 Å². The Kier molecular flexibility index (Phi) is 6.40. The number of nitrogens with zero attached hydrogens (tertiary/aromatic N) is 2. The Bertz CT molecular complexity index is 1220. The summed E-state index contributed by atoms with van der Waals surface area (Å²) in [7, 11) is 3.25. The molecule has 2 aromatic carbocycles. The third kappa shape index (κ3) is 4.44. The Morgan fingerprint density at radius 1 is 0.909 bits per heavy atom. The molecule has 0 atom stereocenters. The first kappa shape index (κ1) is 22.5. The van der Waals surface area contributed by atoms with Crippen LogP contribution in [0.25, 0.3) is 27.7 Å². The van der Waals surface area contributed by atoms with Crippen molar-refractivity contribution in [1.82, 2.24) is 9.80 Å². The Morgan fingerprint density at radius 2 is 1.58 bits per heavy atom. The van der Waals surface area contributed by atoms with Gasteiger partial charge in [0.05, 0.1) is 20.5 Å². The molecule has 1 fully saturated rings. The molecule has 2 amide bonds. The van der Waals surface area contributed by atoms with Gasteiger partial charge in [-0.1, -0.05) is 18.2 Å². The van der Waals surface area contributed by atoms with Crippen LogP contribution in [0.15, 0.2) is 53.2 Å². The molecule has 1 aliphatic heterocycles. The first-order valence-electron chi connectivity index (χ1n) is 10.9. The molecule has 2 heterocycles. The van der Waals surface area contributed by atoms with Crippen LogP contribution < -0.4 is 9.47 Å². The van der Waals surface area contributed by atoms with Crippen molar-refractivity contribution in [1.29, 1.82) is 0 Å². The van der Waals surface area contributed by atoms with Crippen LogP contribution in [0.4, 0.5) is 0 Å². The van der Waals surface area contributed by atoms with Crippen molar-refractivity contribution in [3.8, 4) is 22.6 Å². The van der Waals surface area contributed by atoms with Crippen LogP contribution >= 0.6 is 0 Å². The summed E-state index contributed by atoms with van der Waals surface area (Å²) in [5.74, 6) is 1.35. The van der Waals surface area contributed by atoms with Crippen LogP contribution in [0, 0.1) is 0 Å². The summed E-state index contributed by atoms with van der Waals surface area (Å²) in [6.07, 6.45) is 3.35. The molecular formula is C26H28N2O5. The van der Waals surface area contributed by atoms with E-state index in [1.807, 2.05) is 43.3 Å². The number of piperazine rings is 1. The molecule has 0 bridgehead atoms. The van der Waals surface area contributed by atoms with E-state index in [0.717, 1.165) is 33.4 Å². The zero-order valence-corrected chi connectivity index (χ0v) is 19.4. The second kappa shape index (κ2) is 9.40. The van der Waals surface area contributed by atoms with Gasteiger partial charge in [0.15, 0.2) is 0 Å². The molecule has 0 spiro atoms. The number of carbonyl (C=O) groups is 2. The van der Waals surface area contributed by atoms with Gasteiger partial charge < -0.3 is 23.7 Å². The van der Waals surface area contributed by atoms with Crippen LogP contribution in [-0.2, 0) is 9.59 Å². The third-order valence-electron chi connectivity index (χ3n) is 6.09. The number of fused-ring (bicyclic) bond motifs is 1. The van der Waals surface area contributed by atoms with Crippen molar-refractivity contribution < 1.29 is 23.5 Å².